The van der Waals surface area contributed by atoms with Crippen LogP contribution in [0.15, 0.2) is 35.3 Å². The minimum Gasteiger partial charge on any atom is -0.278 e. The van der Waals surface area contributed by atoms with Crippen molar-refractivity contribution in [2.24, 2.45) is 4.99 Å². The number of carbonyl (C=O) groups excluding carboxylic acids is 1. The van der Waals surface area contributed by atoms with Crippen LogP contribution in [0.5, 0.6) is 0 Å². The Bertz CT molecular complexity index is 412. The first-order chi connectivity index (χ1) is 7.66. The molecule has 1 saturated heterocycles. The first kappa shape index (κ1) is 10.7. The fourth-order valence-electron chi connectivity index (χ4n) is 1.63. The first-order valence-electron chi connectivity index (χ1n) is 5.38. The van der Waals surface area contributed by atoms with Gasteiger partial charge in [-0.25, -0.2) is 5.01 Å². The highest BCUT2D eigenvalue weighted by atomic mass is 16.2. The molecule has 1 aromatic carbocycles. The van der Waals surface area contributed by atoms with Gasteiger partial charge in [-0.15, -0.1) is 0 Å². The van der Waals surface area contributed by atoms with E-state index >= 15 is 0 Å². The highest BCUT2D eigenvalue weighted by molar-refractivity contribution is 6.13. The lowest BCUT2D eigenvalue weighted by Gasteiger charge is -2.15. The van der Waals surface area contributed by atoms with Crippen LogP contribution in [0.25, 0.3) is 0 Å². The smallest absolute Gasteiger partial charge is 0.253 e. The van der Waals surface area contributed by atoms with Crippen LogP contribution in [0.1, 0.15) is 20.3 Å². The van der Waals surface area contributed by atoms with Crippen LogP contribution in [0.4, 0.5) is 5.69 Å². The van der Waals surface area contributed by atoms with E-state index in [2.05, 4.69) is 10.4 Å². The molecule has 1 aromatic rings. The number of rotatable bonds is 2. The molecule has 0 aliphatic carbocycles. The summed E-state index contributed by atoms with van der Waals surface area (Å²) in [5.41, 5.74) is 3.87. The normalized spacial score (nSPS) is 18.3. The first-order valence-corrected chi connectivity index (χ1v) is 5.38. The van der Waals surface area contributed by atoms with Crippen LogP contribution in [0, 0.1) is 0 Å². The maximum absolute atomic E-state index is 11.7. The molecule has 1 fully saturated rings. The molecule has 4 heteroatoms. The lowest BCUT2D eigenvalue weighted by Crippen LogP contribution is -2.36. The second kappa shape index (κ2) is 4.35. The Hall–Kier alpha value is -1.84. The Morgan fingerprint density at radius 1 is 1.31 bits per heavy atom. The van der Waals surface area contributed by atoms with E-state index in [1.807, 2.05) is 44.2 Å². The van der Waals surface area contributed by atoms with Crippen molar-refractivity contribution in [2.75, 3.05) is 5.01 Å². The van der Waals surface area contributed by atoms with E-state index in [0.29, 0.717) is 6.42 Å². The molecule has 0 aromatic heterocycles. The van der Waals surface area contributed by atoms with Crippen LogP contribution >= 0.6 is 0 Å². The van der Waals surface area contributed by atoms with E-state index in [1.54, 1.807) is 5.01 Å². The fraction of sp³-hybridized carbons (Fsp3) is 0.333. The van der Waals surface area contributed by atoms with Crippen LogP contribution in [-0.4, -0.2) is 17.8 Å². The predicted molar refractivity (Wildman–Crippen MR) is 64.3 cm³/mol. The Labute approximate surface area is 95.0 Å². The summed E-state index contributed by atoms with van der Waals surface area (Å²) in [6, 6.07) is 9.72. The van der Waals surface area contributed by atoms with E-state index in [1.165, 1.54) is 0 Å². The average Bonchev–Trinajstić information content (AvgIpc) is 2.60. The summed E-state index contributed by atoms with van der Waals surface area (Å²) >= 11 is 0. The minimum absolute atomic E-state index is 0.0330. The molecular formula is C12H15N3O. The number of para-hydroxylation sites is 1. The van der Waals surface area contributed by atoms with Gasteiger partial charge in [-0.3, -0.25) is 15.2 Å². The predicted octanol–water partition coefficient (Wildman–Crippen LogP) is 1.73. The van der Waals surface area contributed by atoms with Crippen LogP contribution in [0.2, 0.25) is 0 Å². The van der Waals surface area contributed by atoms with E-state index in [0.717, 1.165) is 11.5 Å². The number of hydrazine groups is 1. The molecule has 1 N–H and O–H groups in total. The Morgan fingerprint density at radius 3 is 2.62 bits per heavy atom. The molecule has 0 spiro atoms. The van der Waals surface area contributed by atoms with Gasteiger partial charge in [0.1, 0.15) is 5.84 Å². The van der Waals surface area contributed by atoms with Crippen LogP contribution < -0.4 is 10.4 Å². The molecule has 1 heterocycles. The van der Waals surface area contributed by atoms with Gasteiger partial charge in [-0.1, -0.05) is 18.2 Å². The highest BCUT2D eigenvalue weighted by Crippen LogP contribution is 2.16. The number of aliphatic imine (C=N–C) groups is 1. The van der Waals surface area contributed by atoms with Gasteiger partial charge in [-0.2, -0.15) is 0 Å². The van der Waals surface area contributed by atoms with Gasteiger partial charge in [0.15, 0.2) is 0 Å². The average molecular weight is 217 g/mol. The molecule has 0 saturated carbocycles. The maximum Gasteiger partial charge on any atom is 0.253 e. The summed E-state index contributed by atoms with van der Waals surface area (Å²) in [5.74, 6) is 0.773. The van der Waals surface area contributed by atoms with Crippen molar-refractivity contribution in [2.45, 2.75) is 26.3 Å². The van der Waals surface area contributed by atoms with E-state index in [4.69, 9.17) is 0 Å². The van der Waals surface area contributed by atoms with Crippen LogP contribution in [0.3, 0.4) is 0 Å². The van der Waals surface area contributed by atoms with Gasteiger partial charge in [0.2, 0.25) is 0 Å². The molecule has 1 aliphatic rings. The third-order valence-electron chi connectivity index (χ3n) is 2.24. The number of nitrogens with zero attached hydrogens (tertiary/aromatic N) is 2. The zero-order chi connectivity index (χ0) is 11.5. The molecule has 0 unspecified atom stereocenters. The second-order valence-corrected chi connectivity index (χ2v) is 4.02. The third-order valence-corrected chi connectivity index (χ3v) is 2.24. The summed E-state index contributed by atoms with van der Waals surface area (Å²) in [4.78, 5) is 16.1. The Morgan fingerprint density at radius 2 is 2.00 bits per heavy atom. The van der Waals surface area contributed by atoms with E-state index in [-0.39, 0.29) is 11.9 Å². The molecule has 0 bridgehead atoms. The summed E-state index contributed by atoms with van der Waals surface area (Å²) < 4.78 is 0. The summed E-state index contributed by atoms with van der Waals surface area (Å²) in [6.45, 7) is 3.98. The molecule has 0 atom stereocenters. The number of amidine groups is 1. The molecule has 84 valence electrons. The van der Waals surface area contributed by atoms with Gasteiger partial charge in [0, 0.05) is 6.04 Å². The third kappa shape index (κ3) is 2.21. The van der Waals surface area contributed by atoms with Crippen molar-refractivity contribution in [1.29, 1.82) is 0 Å². The van der Waals surface area contributed by atoms with E-state index < -0.39 is 0 Å². The van der Waals surface area contributed by atoms with Crippen LogP contribution in [-0.2, 0) is 4.79 Å². The quantitative estimate of drug-likeness (QED) is 0.820. The van der Waals surface area contributed by atoms with Gasteiger partial charge in [0.05, 0.1) is 12.1 Å². The van der Waals surface area contributed by atoms with Crippen molar-refractivity contribution in [3.05, 3.63) is 30.3 Å². The molecule has 0 radical (unpaired) electrons. The number of nitrogens with one attached hydrogen (secondary N) is 1. The molecular weight excluding hydrogens is 202 g/mol. The van der Waals surface area contributed by atoms with Crippen molar-refractivity contribution >= 4 is 17.4 Å². The zero-order valence-electron chi connectivity index (χ0n) is 9.47. The minimum atomic E-state index is 0.0330. The molecule has 1 amide bonds. The maximum atomic E-state index is 11.7. The summed E-state index contributed by atoms with van der Waals surface area (Å²) in [6.07, 6.45) is 0.354. The number of hydrogen-bond donors (Lipinski definition) is 1. The standard InChI is InChI=1S/C12H15N3O/c1-9(2)13-11-8-12(16)15(14-11)10-6-4-3-5-7-10/h3-7,9H,8H2,1-2H3,(H,13,14). The van der Waals surface area contributed by atoms with Crippen molar-refractivity contribution < 1.29 is 4.79 Å². The zero-order valence-corrected chi connectivity index (χ0v) is 9.47. The molecule has 1 aliphatic heterocycles. The topological polar surface area (TPSA) is 44.7 Å². The van der Waals surface area contributed by atoms with Gasteiger partial charge < -0.3 is 0 Å². The number of benzene rings is 1. The fourth-order valence-corrected chi connectivity index (χ4v) is 1.63. The van der Waals surface area contributed by atoms with Crippen molar-refractivity contribution in [3.8, 4) is 0 Å². The van der Waals surface area contributed by atoms with Crippen molar-refractivity contribution in [3.63, 3.8) is 0 Å². The molecule has 2 rings (SSSR count). The Kier molecular flexibility index (Phi) is 2.90. The number of anilines is 1. The lowest BCUT2D eigenvalue weighted by molar-refractivity contribution is -0.116. The number of amides is 1. The monoisotopic (exact) mass is 217 g/mol. The van der Waals surface area contributed by atoms with Gasteiger partial charge >= 0.3 is 0 Å². The largest absolute Gasteiger partial charge is 0.278 e. The molecule has 16 heavy (non-hydrogen) atoms. The second-order valence-electron chi connectivity index (χ2n) is 4.02. The van der Waals surface area contributed by atoms with Crippen molar-refractivity contribution in [1.82, 2.24) is 5.43 Å². The number of carbonyl (C=O) groups is 1. The van der Waals surface area contributed by atoms with E-state index in [9.17, 15) is 4.79 Å². The highest BCUT2D eigenvalue weighted by Gasteiger charge is 2.26. The number of hydrogen-bond acceptors (Lipinski definition) is 2. The summed E-state index contributed by atoms with van der Waals surface area (Å²) in [7, 11) is 0. The molecule has 4 nitrogen and oxygen atoms in total. The SMILES string of the molecule is CC(C)N=C1CC(=O)N(c2ccccc2)N1. The van der Waals surface area contributed by atoms with Gasteiger partial charge in [-0.05, 0) is 26.0 Å². The summed E-state index contributed by atoms with van der Waals surface area (Å²) in [5, 5.41) is 1.54. The van der Waals surface area contributed by atoms with Gasteiger partial charge in [0.25, 0.3) is 5.91 Å². The lowest BCUT2D eigenvalue weighted by atomic mass is 10.3. The Balaban J connectivity index is 2.18.